The zero-order valence-electron chi connectivity index (χ0n) is 12.4. The van der Waals surface area contributed by atoms with Crippen LogP contribution in [0, 0.1) is 17.0 Å². The smallest absolute Gasteiger partial charge is 0.389 e. The number of benzene rings is 1. The van der Waals surface area contributed by atoms with Crippen LogP contribution in [0.5, 0.6) is 0 Å². The van der Waals surface area contributed by atoms with E-state index in [-0.39, 0.29) is 6.08 Å². The van der Waals surface area contributed by atoms with Crippen LogP contribution in [0.25, 0.3) is 5.57 Å². The molecule has 0 aliphatic heterocycles. The molecule has 1 aromatic rings. The fourth-order valence-electron chi connectivity index (χ4n) is 1.43. The number of hydrogen-bond donors (Lipinski definition) is 0. The van der Waals surface area contributed by atoms with Gasteiger partial charge >= 0.3 is 18.1 Å². The summed E-state index contributed by atoms with van der Waals surface area (Å²) in [5.41, 5.74) is -3.62. The highest BCUT2D eigenvalue weighted by Gasteiger charge is 2.36. The van der Waals surface area contributed by atoms with Crippen LogP contribution >= 0.6 is 0 Å². The summed E-state index contributed by atoms with van der Waals surface area (Å²) in [4.78, 5) is 23.0. The maximum absolute atomic E-state index is 13.1. The number of esters is 2. The van der Waals surface area contributed by atoms with Crippen LogP contribution in [-0.2, 0) is 14.3 Å². The van der Waals surface area contributed by atoms with Gasteiger partial charge in [-0.3, -0.25) is 4.79 Å². The predicted octanol–water partition coefficient (Wildman–Crippen LogP) is 4.03. The van der Waals surface area contributed by atoms with Crippen LogP contribution in [0.15, 0.2) is 24.3 Å². The normalized spacial score (nSPS) is 13.0. The molecular formula is C15H13F5O3. The molecule has 1 aromatic carbocycles. The Morgan fingerprint density at radius 1 is 1.00 bits per heavy atom. The van der Waals surface area contributed by atoms with Crippen molar-refractivity contribution in [2.75, 3.05) is 0 Å². The Balaban J connectivity index is 3.22. The molecular weight excluding hydrogens is 323 g/mol. The molecule has 8 heteroatoms. The summed E-state index contributed by atoms with van der Waals surface area (Å²) >= 11 is 0. The lowest BCUT2D eigenvalue weighted by atomic mass is 9.97. The molecule has 0 saturated carbocycles. The van der Waals surface area contributed by atoms with Crippen molar-refractivity contribution in [1.82, 2.24) is 0 Å². The Bertz CT molecular complexity index is 634. The van der Waals surface area contributed by atoms with Crippen LogP contribution in [0.3, 0.4) is 0 Å². The minimum Gasteiger partial charge on any atom is -0.389 e. The summed E-state index contributed by atoms with van der Waals surface area (Å²) in [6.07, 6.45) is -5.10. The number of ether oxygens (including phenoxy) is 1. The van der Waals surface area contributed by atoms with Crippen LogP contribution in [0.4, 0.5) is 22.0 Å². The summed E-state index contributed by atoms with van der Waals surface area (Å²) in [6.45, 7) is 4.21. The van der Waals surface area contributed by atoms with Gasteiger partial charge in [-0.05, 0) is 38.5 Å². The lowest BCUT2D eigenvalue weighted by Crippen LogP contribution is -2.25. The van der Waals surface area contributed by atoms with E-state index in [2.05, 4.69) is 4.74 Å². The van der Waals surface area contributed by atoms with Crippen molar-refractivity contribution in [3.05, 3.63) is 41.5 Å². The third-order valence-electron chi connectivity index (χ3n) is 2.55. The molecule has 0 bridgehead atoms. The van der Waals surface area contributed by atoms with Gasteiger partial charge in [-0.15, -0.1) is 0 Å². The van der Waals surface area contributed by atoms with Crippen molar-refractivity contribution in [3.63, 3.8) is 0 Å². The van der Waals surface area contributed by atoms with Crippen molar-refractivity contribution in [1.29, 1.82) is 0 Å². The highest BCUT2D eigenvalue weighted by molar-refractivity contribution is 5.99. The summed E-state index contributed by atoms with van der Waals surface area (Å²) in [6, 6.07) is 1.22. The second kappa shape index (κ2) is 6.47. The van der Waals surface area contributed by atoms with E-state index in [9.17, 15) is 31.5 Å². The van der Waals surface area contributed by atoms with Crippen LogP contribution < -0.4 is 0 Å². The Morgan fingerprint density at radius 3 is 1.87 bits per heavy atom. The Kier molecular flexibility index (Phi) is 5.29. The molecule has 0 unspecified atom stereocenters. The Hall–Kier alpha value is -2.25. The number of hydrogen-bond acceptors (Lipinski definition) is 3. The van der Waals surface area contributed by atoms with Gasteiger partial charge in [0.25, 0.3) is 0 Å². The molecule has 0 aliphatic rings. The second-order valence-electron chi connectivity index (χ2n) is 5.67. The van der Waals surface area contributed by atoms with E-state index >= 15 is 0 Å². The minimum absolute atomic E-state index is 0.0160. The van der Waals surface area contributed by atoms with Gasteiger partial charge < -0.3 is 4.74 Å². The molecule has 0 spiro atoms. The number of alkyl halides is 3. The van der Waals surface area contributed by atoms with Crippen molar-refractivity contribution in [3.8, 4) is 0 Å². The maximum Gasteiger partial charge on any atom is 0.417 e. The third-order valence-corrected chi connectivity index (χ3v) is 2.55. The van der Waals surface area contributed by atoms with E-state index < -0.39 is 46.3 Å². The largest absolute Gasteiger partial charge is 0.417 e. The summed E-state index contributed by atoms with van der Waals surface area (Å²) in [7, 11) is 0. The van der Waals surface area contributed by atoms with Crippen molar-refractivity contribution < 1.29 is 36.3 Å². The molecule has 0 aromatic heterocycles. The van der Waals surface area contributed by atoms with Gasteiger partial charge in [0.15, 0.2) is 0 Å². The number of carbonyl (C=O) groups is 2. The molecule has 0 atom stereocenters. The molecule has 0 fully saturated rings. The molecule has 126 valence electrons. The molecule has 0 heterocycles. The van der Waals surface area contributed by atoms with E-state index in [0.29, 0.717) is 18.2 Å². The third kappa shape index (κ3) is 5.46. The fourth-order valence-corrected chi connectivity index (χ4v) is 1.43. The Labute approximate surface area is 128 Å². The van der Waals surface area contributed by atoms with Gasteiger partial charge in [-0.1, -0.05) is 0 Å². The fraction of sp³-hybridized carbons (Fsp3) is 0.333. The zero-order chi connectivity index (χ0) is 18.0. The molecule has 23 heavy (non-hydrogen) atoms. The van der Waals surface area contributed by atoms with E-state index in [1.165, 1.54) is 20.8 Å². The molecule has 0 aliphatic carbocycles. The molecule has 0 saturated heterocycles. The standard InChI is InChI=1S/C15H13F5O3/c1-14(2,3)13(22)23-12(21)7-11(15(18,19)20)8-4-9(16)6-10(17)5-8/h4-7H,1-3H3. The van der Waals surface area contributed by atoms with Gasteiger partial charge in [0.05, 0.1) is 11.0 Å². The minimum atomic E-state index is -5.08. The Morgan fingerprint density at radius 2 is 1.48 bits per heavy atom. The van der Waals surface area contributed by atoms with Crippen molar-refractivity contribution in [2.45, 2.75) is 26.9 Å². The number of carbonyl (C=O) groups excluding carboxylic acids is 2. The number of halogens is 5. The zero-order valence-corrected chi connectivity index (χ0v) is 12.4. The molecule has 3 nitrogen and oxygen atoms in total. The van der Waals surface area contributed by atoms with Crippen LogP contribution in [0.1, 0.15) is 26.3 Å². The number of rotatable bonds is 2. The second-order valence-corrected chi connectivity index (χ2v) is 5.67. The molecule has 0 N–H and O–H groups in total. The first-order valence-corrected chi connectivity index (χ1v) is 6.32. The van der Waals surface area contributed by atoms with Crippen molar-refractivity contribution in [2.24, 2.45) is 5.41 Å². The summed E-state index contributed by atoms with van der Waals surface area (Å²) < 4.78 is 69.4. The first-order valence-electron chi connectivity index (χ1n) is 6.32. The van der Waals surface area contributed by atoms with Gasteiger partial charge in [-0.25, -0.2) is 13.6 Å². The lowest BCUT2D eigenvalue weighted by molar-refractivity contribution is -0.162. The van der Waals surface area contributed by atoms with Gasteiger partial charge in [0, 0.05) is 12.1 Å². The molecule has 0 amide bonds. The monoisotopic (exact) mass is 336 g/mol. The van der Waals surface area contributed by atoms with Crippen LogP contribution in [-0.4, -0.2) is 18.1 Å². The SMILES string of the molecule is CC(C)(C)C(=O)OC(=O)C=C(c1cc(F)cc(F)c1)C(F)(F)F. The molecule has 0 radical (unpaired) electrons. The first kappa shape index (κ1) is 18.8. The predicted molar refractivity (Wildman–Crippen MR) is 70.9 cm³/mol. The van der Waals surface area contributed by atoms with E-state index in [1.54, 1.807) is 0 Å². The first-order chi connectivity index (χ1) is 10.3. The molecule has 1 rings (SSSR count). The van der Waals surface area contributed by atoms with E-state index in [0.717, 1.165) is 0 Å². The average molecular weight is 336 g/mol. The maximum atomic E-state index is 13.1. The quantitative estimate of drug-likeness (QED) is 0.354. The average Bonchev–Trinajstić information content (AvgIpc) is 2.31. The lowest BCUT2D eigenvalue weighted by Gasteiger charge is -2.15. The van der Waals surface area contributed by atoms with Gasteiger partial charge in [-0.2, -0.15) is 13.2 Å². The van der Waals surface area contributed by atoms with E-state index in [4.69, 9.17) is 0 Å². The van der Waals surface area contributed by atoms with E-state index in [1.807, 2.05) is 0 Å². The highest BCUT2D eigenvalue weighted by atomic mass is 19.4. The summed E-state index contributed by atoms with van der Waals surface area (Å²) in [5, 5.41) is 0. The summed E-state index contributed by atoms with van der Waals surface area (Å²) in [5.74, 6) is -5.10. The van der Waals surface area contributed by atoms with Gasteiger partial charge in [0.1, 0.15) is 11.6 Å². The topological polar surface area (TPSA) is 43.4 Å². The van der Waals surface area contributed by atoms with Crippen LogP contribution in [0.2, 0.25) is 0 Å². The van der Waals surface area contributed by atoms with Gasteiger partial charge in [0.2, 0.25) is 0 Å². The number of allylic oxidation sites excluding steroid dienone is 1. The highest BCUT2D eigenvalue weighted by Crippen LogP contribution is 2.34. The van der Waals surface area contributed by atoms with Crippen molar-refractivity contribution >= 4 is 17.5 Å².